The van der Waals surface area contributed by atoms with Gasteiger partial charge in [0.25, 0.3) is 0 Å². The SMILES string of the molecule is O=C(COc1ccc(Cl)cc1)OCC(=O)c1ccc(Cl)cc1. The fourth-order valence-corrected chi connectivity index (χ4v) is 1.83. The van der Waals surface area contributed by atoms with E-state index < -0.39 is 5.97 Å². The molecule has 0 amide bonds. The maximum absolute atomic E-state index is 11.8. The maximum Gasteiger partial charge on any atom is 0.344 e. The number of hydrogen-bond donors (Lipinski definition) is 0. The van der Waals surface area contributed by atoms with E-state index in [-0.39, 0.29) is 19.0 Å². The van der Waals surface area contributed by atoms with E-state index in [1.807, 2.05) is 0 Å². The summed E-state index contributed by atoms with van der Waals surface area (Å²) in [5.41, 5.74) is 0.427. The molecule has 6 heteroatoms. The van der Waals surface area contributed by atoms with Gasteiger partial charge in [-0.1, -0.05) is 23.2 Å². The summed E-state index contributed by atoms with van der Waals surface area (Å²) in [6, 6.07) is 12.9. The minimum atomic E-state index is -0.628. The van der Waals surface area contributed by atoms with Gasteiger partial charge < -0.3 is 9.47 Å². The van der Waals surface area contributed by atoms with Crippen LogP contribution in [0.25, 0.3) is 0 Å². The lowest BCUT2D eigenvalue weighted by atomic mass is 10.1. The molecule has 0 heterocycles. The van der Waals surface area contributed by atoms with Crippen molar-refractivity contribution in [2.24, 2.45) is 0 Å². The highest BCUT2D eigenvalue weighted by atomic mass is 35.5. The number of carbonyl (C=O) groups excluding carboxylic acids is 2. The third-order valence-electron chi connectivity index (χ3n) is 2.70. The molecule has 0 aromatic heterocycles. The fraction of sp³-hybridized carbons (Fsp3) is 0.125. The Bertz CT molecular complexity index is 651. The van der Waals surface area contributed by atoms with E-state index in [2.05, 4.69) is 0 Å². The molecule has 0 N–H and O–H groups in total. The average molecular weight is 339 g/mol. The Balaban J connectivity index is 1.76. The molecule has 0 fully saturated rings. The molecule has 2 aromatic rings. The molecular formula is C16H12Cl2O4. The molecule has 0 bridgehead atoms. The number of Topliss-reactive ketones (excluding diaryl/α,β-unsaturated/α-hetero) is 1. The van der Waals surface area contributed by atoms with Crippen LogP contribution in [0.5, 0.6) is 5.75 Å². The number of rotatable bonds is 6. The van der Waals surface area contributed by atoms with Crippen LogP contribution in [0.3, 0.4) is 0 Å². The van der Waals surface area contributed by atoms with E-state index >= 15 is 0 Å². The van der Waals surface area contributed by atoms with Crippen molar-refractivity contribution in [3.63, 3.8) is 0 Å². The molecule has 4 nitrogen and oxygen atoms in total. The van der Waals surface area contributed by atoms with Gasteiger partial charge in [-0.2, -0.15) is 0 Å². The third-order valence-corrected chi connectivity index (χ3v) is 3.20. The zero-order chi connectivity index (χ0) is 15.9. The van der Waals surface area contributed by atoms with Crippen LogP contribution in [0.15, 0.2) is 48.5 Å². The monoisotopic (exact) mass is 338 g/mol. The fourth-order valence-electron chi connectivity index (χ4n) is 1.58. The number of hydrogen-bond acceptors (Lipinski definition) is 4. The first-order valence-electron chi connectivity index (χ1n) is 6.37. The van der Waals surface area contributed by atoms with Gasteiger partial charge in [-0.25, -0.2) is 4.79 Å². The van der Waals surface area contributed by atoms with Gasteiger partial charge in [0, 0.05) is 15.6 Å². The highest BCUT2D eigenvalue weighted by Crippen LogP contribution is 2.15. The van der Waals surface area contributed by atoms with Gasteiger partial charge in [-0.05, 0) is 48.5 Å². The van der Waals surface area contributed by atoms with Gasteiger partial charge in [-0.3, -0.25) is 4.79 Å². The first-order valence-corrected chi connectivity index (χ1v) is 7.13. The minimum Gasteiger partial charge on any atom is -0.482 e. The number of carbonyl (C=O) groups is 2. The second-order valence-electron chi connectivity index (χ2n) is 4.33. The molecule has 2 rings (SSSR count). The molecule has 0 saturated carbocycles. The zero-order valence-corrected chi connectivity index (χ0v) is 12.9. The van der Waals surface area contributed by atoms with E-state index in [1.165, 1.54) is 0 Å². The van der Waals surface area contributed by atoms with E-state index in [4.69, 9.17) is 32.7 Å². The Hall–Kier alpha value is -2.04. The molecule has 0 spiro atoms. The van der Waals surface area contributed by atoms with Crippen LogP contribution < -0.4 is 4.74 Å². The minimum absolute atomic E-state index is 0.282. The lowest BCUT2D eigenvalue weighted by Gasteiger charge is -2.07. The molecule has 0 radical (unpaired) electrons. The molecule has 0 saturated heterocycles. The first kappa shape index (κ1) is 16.3. The van der Waals surface area contributed by atoms with Gasteiger partial charge in [-0.15, -0.1) is 0 Å². The molecule has 0 aliphatic heterocycles. The zero-order valence-electron chi connectivity index (χ0n) is 11.4. The van der Waals surface area contributed by atoms with E-state index in [0.29, 0.717) is 21.4 Å². The predicted octanol–water partition coefficient (Wildman–Crippen LogP) is 3.80. The Morgan fingerprint density at radius 3 is 1.95 bits per heavy atom. The summed E-state index contributed by atoms with van der Waals surface area (Å²) in [6.45, 7) is -0.625. The lowest BCUT2D eigenvalue weighted by Crippen LogP contribution is -2.19. The Kier molecular flexibility index (Phi) is 5.81. The average Bonchev–Trinajstić information content (AvgIpc) is 2.52. The highest BCUT2D eigenvalue weighted by Gasteiger charge is 2.10. The second-order valence-corrected chi connectivity index (χ2v) is 5.21. The van der Waals surface area contributed by atoms with Gasteiger partial charge in [0.2, 0.25) is 0 Å². The van der Waals surface area contributed by atoms with E-state index in [9.17, 15) is 9.59 Å². The van der Waals surface area contributed by atoms with Crippen LogP contribution >= 0.6 is 23.2 Å². The number of ether oxygens (including phenoxy) is 2. The van der Waals surface area contributed by atoms with Crippen molar-refractivity contribution in [1.82, 2.24) is 0 Å². The van der Waals surface area contributed by atoms with Crippen molar-refractivity contribution >= 4 is 35.0 Å². The first-order chi connectivity index (χ1) is 10.5. The van der Waals surface area contributed by atoms with Crippen molar-refractivity contribution in [1.29, 1.82) is 0 Å². The number of halogens is 2. The van der Waals surface area contributed by atoms with Crippen LogP contribution in [0.4, 0.5) is 0 Å². The van der Waals surface area contributed by atoms with Crippen molar-refractivity contribution in [2.75, 3.05) is 13.2 Å². The van der Waals surface area contributed by atoms with Crippen LogP contribution in [0, 0.1) is 0 Å². The molecule has 0 aliphatic rings. The van der Waals surface area contributed by atoms with E-state index in [0.717, 1.165) is 0 Å². The summed E-state index contributed by atoms with van der Waals surface area (Å²) in [5.74, 6) is -0.445. The molecule has 0 aliphatic carbocycles. The summed E-state index contributed by atoms with van der Waals surface area (Å²) in [7, 11) is 0. The number of benzene rings is 2. The summed E-state index contributed by atoms with van der Waals surface area (Å²) < 4.78 is 10.1. The summed E-state index contributed by atoms with van der Waals surface area (Å²) in [4.78, 5) is 23.3. The molecule has 22 heavy (non-hydrogen) atoms. The Morgan fingerprint density at radius 2 is 1.36 bits per heavy atom. The molecule has 0 unspecified atom stereocenters. The summed E-state index contributed by atoms with van der Waals surface area (Å²) >= 11 is 11.5. The van der Waals surface area contributed by atoms with Crippen molar-refractivity contribution < 1.29 is 19.1 Å². The van der Waals surface area contributed by atoms with Gasteiger partial charge in [0.05, 0.1) is 0 Å². The molecular weight excluding hydrogens is 327 g/mol. The smallest absolute Gasteiger partial charge is 0.344 e. The topological polar surface area (TPSA) is 52.6 Å². The number of ketones is 1. The van der Waals surface area contributed by atoms with Crippen molar-refractivity contribution in [3.8, 4) is 5.75 Å². The molecule has 0 atom stereocenters. The number of esters is 1. The van der Waals surface area contributed by atoms with Crippen LogP contribution in [-0.2, 0) is 9.53 Å². The highest BCUT2D eigenvalue weighted by molar-refractivity contribution is 6.30. The Morgan fingerprint density at radius 1 is 0.818 bits per heavy atom. The van der Waals surface area contributed by atoms with E-state index in [1.54, 1.807) is 48.5 Å². The summed E-state index contributed by atoms with van der Waals surface area (Å²) in [6.07, 6.45) is 0. The molecule has 114 valence electrons. The summed E-state index contributed by atoms with van der Waals surface area (Å²) in [5, 5.41) is 1.10. The maximum atomic E-state index is 11.8. The van der Waals surface area contributed by atoms with Crippen LogP contribution in [0.2, 0.25) is 10.0 Å². The predicted molar refractivity (Wildman–Crippen MR) is 83.7 cm³/mol. The Labute approximate surface area is 137 Å². The van der Waals surface area contributed by atoms with Crippen molar-refractivity contribution in [3.05, 3.63) is 64.1 Å². The van der Waals surface area contributed by atoms with Crippen molar-refractivity contribution in [2.45, 2.75) is 0 Å². The van der Waals surface area contributed by atoms with Gasteiger partial charge in [0.1, 0.15) is 5.75 Å². The molecule has 2 aromatic carbocycles. The largest absolute Gasteiger partial charge is 0.482 e. The normalized spacial score (nSPS) is 10.1. The lowest BCUT2D eigenvalue weighted by molar-refractivity contribution is -0.144. The van der Waals surface area contributed by atoms with Gasteiger partial charge >= 0.3 is 5.97 Å². The van der Waals surface area contributed by atoms with Crippen LogP contribution in [0.1, 0.15) is 10.4 Å². The standard InChI is InChI=1S/C16H12Cl2O4/c17-12-3-1-11(2-4-12)15(19)9-22-16(20)10-21-14-7-5-13(18)6-8-14/h1-8H,9-10H2. The second kappa shape index (κ2) is 7.82. The third kappa shape index (κ3) is 5.06. The van der Waals surface area contributed by atoms with Gasteiger partial charge in [0.15, 0.2) is 19.0 Å². The quantitative estimate of drug-likeness (QED) is 0.593. The van der Waals surface area contributed by atoms with Crippen LogP contribution in [-0.4, -0.2) is 25.0 Å².